The van der Waals surface area contributed by atoms with Crippen LogP contribution in [0.2, 0.25) is 7.35 Å². The first kappa shape index (κ1) is 42.7. The molecule has 314 valence electrons. The Hall–Kier alpha value is -4.27. The molecule has 1 saturated heterocycles. The second-order valence-electron chi connectivity index (χ2n) is 19.0. The number of unbranched alkanes of at least 4 members (excludes halogenated alkanes) is 2. The number of hydrogen-bond acceptors (Lipinski definition) is 0. The molecule has 0 aromatic heterocycles. The van der Waals surface area contributed by atoms with Crippen molar-refractivity contribution in [2.75, 3.05) is 0 Å². The van der Waals surface area contributed by atoms with E-state index >= 15 is 0 Å². The summed E-state index contributed by atoms with van der Waals surface area (Å²) >= 11 is -3.48. The van der Waals surface area contributed by atoms with E-state index in [0.29, 0.717) is 7.35 Å². The average Bonchev–Trinajstić information content (AvgIpc) is 3.57. The molecule has 63 heavy (non-hydrogen) atoms. The molecule has 12 rings (SSSR count). The van der Waals surface area contributed by atoms with Crippen LogP contribution in [-0.4, -0.2) is 0 Å². The topological polar surface area (TPSA) is 0 Å². The van der Waals surface area contributed by atoms with Crippen molar-refractivity contribution < 1.29 is 44.8 Å². The quantitative estimate of drug-likeness (QED) is 0.0946. The van der Waals surface area contributed by atoms with E-state index in [1.807, 2.05) is 11.1 Å². The van der Waals surface area contributed by atoms with Crippen molar-refractivity contribution >= 4 is 55.2 Å². The molecule has 4 atom stereocenters. The Bertz CT molecular complexity index is 2800. The Morgan fingerprint density at radius 1 is 0.444 bits per heavy atom. The van der Waals surface area contributed by atoms with Gasteiger partial charge in [0, 0.05) is 0 Å². The second-order valence-corrected chi connectivity index (χ2v) is 35.7. The van der Waals surface area contributed by atoms with Crippen molar-refractivity contribution in [3.05, 3.63) is 179 Å². The number of fused-ring (bicyclic) bond motifs is 7. The first-order valence-electron chi connectivity index (χ1n) is 23.7. The van der Waals surface area contributed by atoms with Crippen molar-refractivity contribution in [1.29, 1.82) is 0 Å². The van der Waals surface area contributed by atoms with Crippen LogP contribution in [0, 0.1) is 0 Å². The third-order valence-electron chi connectivity index (χ3n) is 16.0. The summed E-state index contributed by atoms with van der Waals surface area (Å²) in [6.45, 7) is 4.80. The molecule has 2 fully saturated rings. The fourth-order valence-corrected chi connectivity index (χ4v) is 49.0. The molecular formula is C60H56Cl2Hf. The number of rotatable bonds is 10. The molecule has 4 unspecified atom stereocenters. The molecule has 1 saturated carbocycles. The van der Waals surface area contributed by atoms with Crippen LogP contribution in [0.3, 0.4) is 0 Å². The van der Waals surface area contributed by atoms with E-state index in [0.717, 1.165) is 7.35 Å². The van der Waals surface area contributed by atoms with Gasteiger partial charge in [-0.05, 0) is 0 Å². The Morgan fingerprint density at radius 3 is 1.17 bits per heavy atom. The predicted molar refractivity (Wildman–Crippen MR) is 260 cm³/mol. The monoisotopic (exact) mass is 1030 g/mol. The molecule has 3 aliphatic carbocycles. The van der Waals surface area contributed by atoms with Gasteiger partial charge in [-0.3, -0.25) is 0 Å². The minimum absolute atomic E-state index is 0. The minimum atomic E-state index is -3.48. The summed E-state index contributed by atoms with van der Waals surface area (Å²) in [6, 6.07) is 56.5. The van der Waals surface area contributed by atoms with Gasteiger partial charge in [-0.15, -0.1) is 0 Å². The molecule has 3 heteroatoms. The van der Waals surface area contributed by atoms with Crippen molar-refractivity contribution in [3.8, 4) is 22.3 Å². The zero-order chi connectivity index (χ0) is 40.7. The van der Waals surface area contributed by atoms with Gasteiger partial charge in [0.15, 0.2) is 0 Å². The van der Waals surface area contributed by atoms with E-state index in [9.17, 15) is 0 Å². The Labute approximate surface area is 391 Å². The standard InChI is InChI=1S/2C27H23.C6H10.2ClH.Hf/c2*1-2-3-9-19-16-20-12-8-15-25(26(20)17-19)27-23-13-6-4-10-21(23)18-22-11-5-7-14-24(22)27;1-2-4-6-5-3-1;;;/h2*4-8,10-18H,2-3,9H2,1H3;1-2H,3-6H2;2*1H;/q;;;;;+2/p-2. The average molecular weight is 1030 g/mol. The van der Waals surface area contributed by atoms with Crippen LogP contribution in [0.4, 0.5) is 0 Å². The third kappa shape index (κ3) is 6.61. The molecule has 0 radical (unpaired) electrons. The Kier molecular flexibility index (Phi) is 11.7. The number of benzene rings is 8. The summed E-state index contributed by atoms with van der Waals surface area (Å²) in [5.74, 6) is 0. The summed E-state index contributed by atoms with van der Waals surface area (Å²) < 4.78 is 3.22. The van der Waals surface area contributed by atoms with Crippen LogP contribution < -0.4 is 24.8 Å². The van der Waals surface area contributed by atoms with Gasteiger partial charge in [0.25, 0.3) is 0 Å². The summed E-state index contributed by atoms with van der Waals surface area (Å²) in [4.78, 5) is 0. The van der Waals surface area contributed by atoms with Crippen molar-refractivity contribution in [2.24, 2.45) is 0 Å². The summed E-state index contributed by atoms with van der Waals surface area (Å²) in [5.41, 5.74) is 15.9. The fourth-order valence-electron chi connectivity index (χ4n) is 13.6. The molecule has 1 heterocycles. The van der Waals surface area contributed by atoms with Gasteiger partial charge in [-0.1, -0.05) is 0 Å². The molecule has 0 amide bonds. The van der Waals surface area contributed by atoms with Gasteiger partial charge in [0.2, 0.25) is 0 Å². The van der Waals surface area contributed by atoms with E-state index in [1.54, 1.807) is 22.3 Å². The summed E-state index contributed by atoms with van der Waals surface area (Å²) in [7, 11) is 0. The largest absolute Gasteiger partial charge is 1.00 e. The minimum Gasteiger partial charge on any atom is -1.00 e. The smallest absolute Gasteiger partial charge is 1.00 e. The molecule has 0 spiro atoms. The molecule has 0 bridgehead atoms. The van der Waals surface area contributed by atoms with Gasteiger partial charge in [0.1, 0.15) is 0 Å². The molecule has 1 aliphatic heterocycles. The van der Waals surface area contributed by atoms with Crippen LogP contribution >= 0.6 is 0 Å². The first-order valence-corrected chi connectivity index (χ1v) is 32.0. The van der Waals surface area contributed by atoms with E-state index in [1.165, 1.54) is 130 Å². The molecule has 8 aromatic carbocycles. The molecule has 8 aromatic rings. The maximum Gasteiger partial charge on any atom is -1.00 e. The predicted octanol–water partition coefficient (Wildman–Crippen LogP) is 11.9. The number of hydrogen-bond donors (Lipinski definition) is 0. The number of halogens is 2. The molecule has 0 nitrogen and oxygen atoms in total. The van der Waals surface area contributed by atoms with Crippen LogP contribution in [0.25, 0.3) is 77.5 Å². The Morgan fingerprint density at radius 2 is 0.810 bits per heavy atom. The maximum absolute atomic E-state index is 3.48. The zero-order valence-corrected chi connectivity index (χ0v) is 41.8. The van der Waals surface area contributed by atoms with E-state index in [4.69, 9.17) is 0 Å². The zero-order valence-electron chi connectivity index (χ0n) is 36.6. The van der Waals surface area contributed by atoms with Crippen LogP contribution in [0.15, 0.2) is 157 Å². The van der Waals surface area contributed by atoms with Gasteiger partial charge in [0.05, 0.1) is 0 Å². The fraction of sp³-hybridized carbons (Fsp3) is 0.267. The van der Waals surface area contributed by atoms with E-state index < -0.39 is 20.0 Å². The Balaban J connectivity index is 0.00000236. The SMILES string of the molecule is CCCCC1=Cc2c(-c3c4ccccc4cc4ccccc34)cccc2[CH]1[Hf+2]1([CH]2C(CCCC)=Cc3c(-c4c5ccccc5cc5ccccc45)cccc32)[CH]2CCCC[CH]21.[Cl-].[Cl-]. The van der Waals surface area contributed by atoms with Crippen molar-refractivity contribution in [3.63, 3.8) is 0 Å². The van der Waals surface area contributed by atoms with Gasteiger partial charge in [-0.2, -0.15) is 0 Å². The summed E-state index contributed by atoms with van der Waals surface area (Å²) in [6.07, 6.45) is 18.9. The van der Waals surface area contributed by atoms with Gasteiger partial charge < -0.3 is 24.8 Å². The first-order chi connectivity index (χ1) is 30.2. The molecule has 4 aliphatic rings. The normalized spacial score (nSPS) is 20.9. The summed E-state index contributed by atoms with van der Waals surface area (Å²) in [5, 5.41) is 10.9. The van der Waals surface area contributed by atoms with Gasteiger partial charge >= 0.3 is 369 Å². The molecule has 0 N–H and O–H groups in total. The van der Waals surface area contributed by atoms with Crippen molar-refractivity contribution in [2.45, 2.75) is 92.8 Å². The van der Waals surface area contributed by atoms with Crippen LogP contribution in [-0.2, 0) is 20.0 Å². The van der Waals surface area contributed by atoms with E-state index in [2.05, 4.69) is 172 Å². The van der Waals surface area contributed by atoms with Crippen LogP contribution in [0.1, 0.15) is 108 Å². The second kappa shape index (κ2) is 17.3. The maximum atomic E-state index is 2.79. The van der Waals surface area contributed by atoms with Crippen molar-refractivity contribution in [1.82, 2.24) is 0 Å². The van der Waals surface area contributed by atoms with Gasteiger partial charge in [-0.25, -0.2) is 0 Å². The number of allylic oxidation sites excluding steroid dienone is 2. The van der Waals surface area contributed by atoms with Crippen LogP contribution in [0.5, 0.6) is 0 Å². The molecular weight excluding hydrogens is 970 g/mol. The van der Waals surface area contributed by atoms with E-state index in [-0.39, 0.29) is 24.8 Å². The third-order valence-corrected chi connectivity index (χ3v) is 40.9.